The number of carbonyl (C=O) groups excluding carboxylic acids is 1. The van der Waals surface area contributed by atoms with Crippen LogP contribution >= 0.6 is 0 Å². The first-order valence-electron chi connectivity index (χ1n) is 7.32. The van der Waals surface area contributed by atoms with E-state index >= 15 is 0 Å². The molecular formula is C17H19N3O2. The van der Waals surface area contributed by atoms with E-state index in [0.29, 0.717) is 19.5 Å². The lowest BCUT2D eigenvalue weighted by Gasteiger charge is -2.15. The molecule has 0 aliphatic carbocycles. The smallest absolute Gasteiger partial charge is 0.224 e. The van der Waals surface area contributed by atoms with Gasteiger partial charge in [0.15, 0.2) is 0 Å². The highest BCUT2D eigenvalue weighted by molar-refractivity contribution is 5.82. The number of aromatic nitrogens is 2. The minimum atomic E-state index is 0.0766. The summed E-state index contributed by atoms with van der Waals surface area (Å²) >= 11 is 0. The molecule has 0 radical (unpaired) electrons. The summed E-state index contributed by atoms with van der Waals surface area (Å²) in [4.78, 5) is 13.9. The minimum absolute atomic E-state index is 0.0766. The van der Waals surface area contributed by atoms with Crippen molar-refractivity contribution in [1.29, 1.82) is 0 Å². The van der Waals surface area contributed by atoms with Crippen molar-refractivity contribution in [3.05, 3.63) is 54.1 Å². The molecule has 0 aliphatic rings. The van der Waals surface area contributed by atoms with E-state index in [1.165, 1.54) is 5.56 Å². The van der Waals surface area contributed by atoms with Crippen LogP contribution < -0.4 is 0 Å². The average molecular weight is 297 g/mol. The van der Waals surface area contributed by atoms with Crippen LogP contribution in [0.1, 0.15) is 17.7 Å². The molecule has 22 heavy (non-hydrogen) atoms. The second kappa shape index (κ2) is 6.05. The number of aryl methyl sites for hydroxylation is 2. The van der Waals surface area contributed by atoms with Gasteiger partial charge in [0.2, 0.25) is 5.91 Å². The first kappa shape index (κ1) is 14.4. The van der Waals surface area contributed by atoms with Gasteiger partial charge in [0, 0.05) is 18.9 Å². The fourth-order valence-corrected chi connectivity index (χ4v) is 2.54. The molecule has 0 fully saturated rings. The maximum atomic E-state index is 12.2. The van der Waals surface area contributed by atoms with E-state index in [9.17, 15) is 4.79 Å². The third-order valence-corrected chi connectivity index (χ3v) is 3.84. The Morgan fingerprint density at radius 2 is 2.18 bits per heavy atom. The van der Waals surface area contributed by atoms with Crippen LogP contribution in [-0.2, 0) is 17.9 Å². The highest BCUT2D eigenvalue weighted by Gasteiger charge is 2.12. The van der Waals surface area contributed by atoms with Crippen molar-refractivity contribution in [1.82, 2.24) is 14.7 Å². The van der Waals surface area contributed by atoms with Crippen LogP contribution in [0.25, 0.3) is 10.9 Å². The largest absolute Gasteiger partial charge is 0.467 e. The van der Waals surface area contributed by atoms with Gasteiger partial charge in [-0.15, -0.1) is 0 Å². The van der Waals surface area contributed by atoms with Gasteiger partial charge in [-0.05, 0) is 30.7 Å². The van der Waals surface area contributed by atoms with Gasteiger partial charge in [0.05, 0.1) is 31.1 Å². The van der Waals surface area contributed by atoms with Crippen molar-refractivity contribution in [2.45, 2.75) is 26.4 Å². The lowest BCUT2D eigenvalue weighted by molar-refractivity contribution is -0.130. The topological polar surface area (TPSA) is 51.3 Å². The van der Waals surface area contributed by atoms with E-state index in [4.69, 9.17) is 4.42 Å². The second-order valence-electron chi connectivity index (χ2n) is 5.45. The van der Waals surface area contributed by atoms with Gasteiger partial charge in [-0.1, -0.05) is 12.1 Å². The van der Waals surface area contributed by atoms with Crippen LogP contribution in [0.5, 0.6) is 0 Å². The summed E-state index contributed by atoms with van der Waals surface area (Å²) in [5, 5.41) is 5.53. The van der Waals surface area contributed by atoms with Crippen molar-refractivity contribution in [2.24, 2.45) is 0 Å². The zero-order valence-electron chi connectivity index (χ0n) is 12.8. The monoisotopic (exact) mass is 297 g/mol. The molecule has 0 spiro atoms. The van der Waals surface area contributed by atoms with Gasteiger partial charge in [-0.2, -0.15) is 5.10 Å². The Kier molecular flexibility index (Phi) is 3.96. The summed E-state index contributed by atoms with van der Waals surface area (Å²) in [6, 6.07) is 9.81. The highest BCUT2D eigenvalue weighted by atomic mass is 16.3. The molecule has 5 nitrogen and oxygen atoms in total. The maximum absolute atomic E-state index is 12.2. The van der Waals surface area contributed by atoms with E-state index in [1.807, 2.05) is 35.1 Å². The third-order valence-electron chi connectivity index (χ3n) is 3.84. The number of nitrogens with zero attached hydrogens (tertiary/aromatic N) is 3. The number of hydrogen-bond donors (Lipinski definition) is 0. The van der Waals surface area contributed by atoms with Crippen LogP contribution in [-0.4, -0.2) is 27.6 Å². The SMILES string of the molecule is Cc1cccc2c1cnn2CCC(=O)N(C)Cc1ccco1. The Labute approximate surface area is 129 Å². The Morgan fingerprint density at radius 1 is 1.32 bits per heavy atom. The van der Waals surface area contributed by atoms with Crippen molar-refractivity contribution in [2.75, 3.05) is 7.05 Å². The van der Waals surface area contributed by atoms with Crippen LogP contribution in [0.15, 0.2) is 47.2 Å². The summed E-state index contributed by atoms with van der Waals surface area (Å²) in [5.41, 5.74) is 2.27. The Bertz CT molecular complexity index is 774. The van der Waals surface area contributed by atoms with Crippen LogP contribution in [0, 0.1) is 6.92 Å². The van der Waals surface area contributed by atoms with Crippen molar-refractivity contribution in [3.63, 3.8) is 0 Å². The van der Waals surface area contributed by atoms with Gasteiger partial charge in [-0.3, -0.25) is 9.48 Å². The fourth-order valence-electron chi connectivity index (χ4n) is 2.54. The van der Waals surface area contributed by atoms with E-state index in [1.54, 1.807) is 18.2 Å². The number of furan rings is 1. The molecule has 1 amide bonds. The van der Waals surface area contributed by atoms with Crippen LogP contribution in [0.4, 0.5) is 0 Å². The molecule has 3 rings (SSSR count). The molecule has 2 aromatic heterocycles. The predicted molar refractivity (Wildman–Crippen MR) is 84.3 cm³/mol. The number of benzene rings is 1. The second-order valence-corrected chi connectivity index (χ2v) is 5.45. The summed E-state index contributed by atoms with van der Waals surface area (Å²) in [7, 11) is 1.79. The Morgan fingerprint density at radius 3 is 2.95 bits per heavy atom. The van der Waals surface area contributed by atoms with Crippen molar-refractivity contribution in [3.8, 4) is 0 Å². The molecule has 1 aromatic carbocycles. The molecule has 0 atom stereocenters. The number of hydrogen-bond acceptors (Lipinski definition) is 3. The summed E-state index contributed by atoms with van der Waals surface area (Å²) in [6.07, 6.45) is 3.90. The van der Waals surface area contributed by atoms with E-state index in [-0.39, 0.29) is 5.91 Å². The molecule has 0 bridgehead atoms. The fraction of sp³-hybridized carbons (Fsp3) is 0.294. The van der Waals surface area contributed by atoms with Gasteiger partial charge >= 0.3 is 0 Å². The van der Waals surface area contributed by atoms with E-state index in [2.05, 4.69) is 18.1 Å². The summed E-state index contributed by atoms with van der Waals surface area (Å²) in [6.45, 7) is 3.13. The average Bonchev–Trinajstić information content (AvgIpc) is 3.15. The number of carbonyl (C=O) groups is 1. The zero-order chi connectivity index (χ0) is 15.5. The predicted octanol–water partition coefficient (Wildman–Crippen LogP) is 2.99. The molecule has 0 saturated heterocycles. The Hall–Kier alpha value is -2.56. The molecule has 0 unspecified atom stereocenters. The number of amides is 1. The first-order valence-corrected chi connectivity index (χ1v) is 7.32. The molecule has 5 heteroatoms. The van der Waals surface area contributed by atoms with Crippen molar-refractivity contribution < 1.29 is 9.21 Å². The first-order chi connectivity index (χ1) is 10.6. The molecular weight excluding hydrogens is 278 g/mol. The molecule has 0 N–H and O–H groups in total. The Balaban J connectivity index is 1.63. The highest BCUT2D eigenvalue weighted by Crippen LogP contribution is 2.18. The normalized spacial score (nSPS) is 11.0. The lowest BCUT2D eigenvalue weighted by Crippen LogP contribution is -2.27. The van der Waals surface area contributed by atoms with E-state index < -0.39 is 0 Å². The van der Waals surface area contributed by atoms with Crippen molar-refractivity contribution >= 4 is 16.8 Å². The van der Waals surface area contributed by atoms with Gasteiger partial charge in [0.25, 0.3) is 0 Å². The minimum Gasteiger partial charge on any atom is -0.467 e. The van der Waals surface area contributed by atoms with Gasteiger partial charge < -0.3 is 9.32 Å². The quantitative estimate of drug-likeness (QED) is 0.727. The van der Waals surface area contributed by atoms with E-state index in [0.717, 1.165) is 16.7 Å². The van der Waals surface area contributed by atoms with Crippen LogP contribution in [0.2, 0.25) is 0 Å². The molecule has 114 valence electrons. The lowest BCUT2D eigenvalue weighted by atomic mass is 10.1. The standard InChI is InChI=1S/C17H19N3O2/c1-13-5-3-7-16-15(13)11-18-20(16)9-8-17(21)19(2)12-14-6-4-10-22-14/h3-7,10-11H,8-9,12H2,1-2H3. The molecule has 0 aliphatic heterocycles. The molecule has 2 heterocycles. The zero-order valence-corrected chi connectivity index (χ0v) is 12.8. The summed E-state index contributed by atoms with van der Waals surface area (Å²) in [5.74, 6) is 0.865. The van der Waals surface area contributed by atoms with Gasteiger partial charge in [-0.25, -0.2) is 0 Å². The molecule has 3 aromatic rings. The van der Waals surface area contributed by atoms with Gasteiger partial charge in [0.1, 0.15) is 5.76 Å². The number of fused-ring (bicyclic) bond motifs is 1. The maximum Gasteiger partial charge on any atom is 0.224 e. The molecule has 0 saturated carbocycles. The summed E-state index contributed by atoms with van der Waals surface area (Å²) < 4.78 is 7.15. The number of rotatable bonds is 5. The van der Waals surface area contributed by atoms with Crippen LogP contribution in [0.3, 0.4) is 0 Å². The third kappa shape index (κ3) is 2.88.